The summed E-state index contributed by atoms with van der Waals surface area (Å²) < 4.78 is 9.85. The van der Waals surface area contributed by atoms with Crippen molar-refractivity contribution in [2.45, 2.75) is 56.5 Å². The van der Waals surface area contributed by atoms with Crippen molar-refractivity contribution in [1.29, 1.82) is 0 Å². The lowest BCUT2D eigenvalue weighted by atomic mass is 9.97. The fraction of sp³-hybridized carbons (Fsp3) is 0.286. The van der Waals surface area contributed by atoms with Gasteiger partial charge in [0.25, 0.3) is 11.8 Å². The van der Waals surface area contributed by atoms with Gasteiger partial charge in [-0.2, -0.15) is 0 Å². The van der Waals surface area contributed by atoms with E-state index in [1.807, 2.05) is 82.6 Å². The summed E-state index contributed by atoms with van der Waals surface area (Å²) in [4.78, 5) is 75.0. The maximum atomic E-state index is 14.5. The molecule has 3 aliphatic heterocycles. The molecule has 0 radical (unpaired) electrons. The van der Waals surface area contributed by atoms with Crippen molar-refractivity contribution in [1.82, 2.24) is 40.4 Å². The van der Waals surface area contributed by atoms with E-state index >= 15 is 0 Å². The van der Waals surface area contributed by atoms with Crippen LogP contribution in [-0.2, 0) is 19.1 Å². The number of alkyl carbamates (subject to hydrolysis) is 2. The number of methoxy groups -OCH3 is 2. The van der Waals surface area contributed by atoms with Gasteiger partial charge in [0.05, 0.1) is 48.4 Å². The van der Waals surface area contributed by atoms with Gasteiger partial charge in [0, 0.05) is 12.1 Å². The Labute approximate surface area is 402 Å². The highest BCUT2D eigenvalue weighted by Crippen LogP contribution is 2.90. The van der Waals surface area contributed by atoms with Crippen LogP contribution in [0, 0.1) is 29.1 Å². The minimum absolute atomic E-state index is 0.0676. The molecule has 2 bridgehead atoms. The van der Waals surface area contributed by atoms with Gasteiger partial charge in [-0.15, -0.1) is 0 Å². The van der Waals surface area contributed by atoms with Gasteiger partial charge in [0.2, 0.25) is 0 Å². The van der Waals surface area contributed by atoms with E-state index in [-0.39, 0.29) is 41.4 Å². The van der Waals surface area contributed by atoms with E-state index < -0.39 is 24.3 Å². The molecule has 6 fully saturated rings. The van der Waals surface area contributed by atoms with Gasteiger partial charge >= 0.3 is 12.2 Å². The number of piperidine rings is 2. The first-order chi connectivity index (χ1) is 34.0. The number of amides is 4. The zero-order valence-corrected chi connectivity index (χ0v) is 38.9. The van der Waals surface area contributed by atoms with Crippen molar-refractivity contribution in [3.63, 3.8) is 0 Å². The van der Waals surface area contributed by atoms with Crippen molar-refractivity contribution >= 4 is 56.8 Å². The fourth-order valence-electron chi connectivity index (χ4n) is 12.6. The Kier molecular flexibility index (Phi) is 9.33. The van der Waals surface area contributed by atoms with Gasteiger partial charge in [-0.05, 0) is 116 Å². The number of ether oxygens (including phenoxy) is 2. The second-order valence-corrected chi connectivity index (χ2v) is 20.0. The van der Waals surface area contributed by atoms with Gasteiger partial charge in [0.1, 0.15) is 23.7 Å². The molecule has 3 aliphatic carbocycles. The zero-order chi connectivity index (χ0) is 47.7. The average molecular weight is 931 g/mol. The summed E-state index contributed by atoms with van der Waals surface area (Å²) in [5.41, 5.74) is 9.14. The Morgan fingerprint density at radius 3 is 1.63 bits per heavy atom. The molecular formula is C56H50N8O6. The minimum Gasteiger partial charge on any atom is -0.453 e. The van der Waals surface area contributed by atoms with E-state index in [0.717, 1.165) is 73.2 Å². The molecule has 0 spiro atoms. The van der Waals surface area contributed by atoms with Crippen molar-refractivity contribution in [2.75, 3.05) is 14.2 Å². The maximum absolute atomic E-state index is 14.5. The van der Waals surface area contributed by atoms with Crippen molar-refractivity contribution < 1.29 is 28.7 Å². The third kappa shape index (κ3) is 6.45. The molecule has 2 unspecified atom stereocenters. The molecule has 14 rings (SSSR count). The highest BCUT2D eigenvalue weighted by atomic mass is 16.5. The van der Waals surface area contributed by atoms with Crippen LogP contribution in [0.4, 0.5) is 9.59 Å². The number of carbonyl (C=O) groups excluding carboxylic acids is 4. The molecule has 70 heavy (non-hydrogen) atoms. The van der Waals surface area contributed by atoms with Gasteiger partial charge in [0.15, 0.2) is 0 Å². The number of benzene rings is 6. The van der Waals surface area contributed by atoms with E-state index in [9.17, 15) is 19.2 Å². The standard InChI is InChI=1S/C56H50N8O6/c1-28-37-27-42(63(47(28)37)52(65)45(61-54(67)69-3)29-11-7-5-8-12-29)50-57-38-21-19-35(25-40(38)59-50)33-17-15-32-24-34(18-16-31(32)23-33)36-20-22-39-41(26-36)60-51(58-39)48-43-44-49(56(43,44)2)64(48)53(66)46(62-55(68)70-4)30-13-9-6-10-14-30/h5-26,28,37,42-49H,27H2,1-4H3,(H,57,59)(H,58,60)(H,61,67)(H,62,68)/t28-,37+,42+,43?,44-,45-,46-,47-,48+,49?,56-/m1/s1. The molecule has 5 heterocycles. The molecule has 11 atom stereocenters. The van der Waals surface area contributed by atoms with Crippen LogP contribution < -0.4 is 10.6 Å². The lowest BCUT2D eigenvalue weighted by Gasteiger charge is -2.31. The number of rotatable bonds is 10. The summed E-state index contributed by atoms with van der Waals surface area (Å²) in [5.74, 6) is 2.65. The Morgan fingerprint density at radius 2 is 1.10 bits per heavy atom. The zero-order valence-electron chi connectivity index (χ0n) is 38.9. The molecule has 14 heteroatoms. The second kappa shape index (κ2) is 15.5. The summed E-state index contributed by atoms with van der Waals surface area (Å²) in [6, 6.07) is 42.1. The molecule has 14 nitrogen and oxygen atoms in total. The minimum atomic E-state index is -0.890. The number of nitrogens with one attached hydrogen (secondary N) is 4. The number of imidazole rings is 2. The normalized spacial score (nSPS) is 26.3. The molecule has 3 saturated heterocycles. The van der Waals surface area contributed by atoms with Gasteiger partial charge < -0.3 is 39.9 Å². The first-order valence-electron chi connectivity index (χ1n) is 24.0. The summed E-state index contributed by atoms with van der Waals surface area (Å²) in [6.07, 6.45) is -0.518. The summed E-state index contributed by atoms with van der Waals surface area (Å²) in [5, 5.41) is 7.80. The van der Waals surface area contributed by atoms with Crippen molar-refractivity contribution in [3.8, 4) is 22.3 Å². The molecule has 4 N–H and O–H groups in total. The lowest BCUT2D eigenvalue weighted by molar-refractivity contribution is -0.136. The number of aromatic amines is 2. The highest BCUT2D eigenvalue weighted by molar-refractivity contribution is 5.94. The predicted molar refractivity (Wildman–Crippen MR) is 263 cm³/mol. The molecule has 3 saturated carbocycles. The number of H-pyrrole nitrogens is 2. The van der Waals surface area contributed by atoms with Crippen LogP contribution in [0.25, 0.3) is 55.1 Å². The topological polar surface area (TPSA) is 175 Å². The number of likely N-dealkylation sites (tertiary alicyclic amines) is 1. The summed E-state index contributed by atoms with van der Waals surface area (Å²) in [7, 11) is 2.60. The second-order valence-electron chi connectivity index (χ2n) is 20.0. The van der Waals surface area contributed by atoms with Crippen LogP contribution in [0.2, 0.25) is 0 Å². The third-order valence-corrected chi connectivity index (χ3v) is 16.5. The average Bonchev–Trinajstić information content (AvgIpc) is 3.95. The van der Waals surface area contributed by atoms with Crippen molar-refractivity contribution in [3.05, 3.63) is 156 Å². The highest BCUT2D eigenvalue weighted by Gasteiger charge is 2.94. The van der Waals surface area contributed by atoms with Crippen LogP contribution in [-0.4, -0.2) is 80.0 Å². The Bertz CT molecular complexity index is 3470. The quantitative estimate of drug-likeness (QED) is 0.105. The smallest absolute Gasteiger partial charge is 0.407 e. The van der Waals surface area contributed by atoms with Crippen molar-refractivity contribution in [2.24, 2.45) is 29.1 Å². The third-order valence-electron chi connectivity index (χ3n) is 16.5. The van der Waals surface area contributed by atoms with Gasteiger partial charge in [-0.1, -0.05) is 111 Å². The summed E-state index contributed by atoms with van der Waals surface area (Å²) in [6.45, 7) is 4.43. The van der Waals surface area contributed by atoms with E-state index in [1.54, 1.807) is 0 Å². The number of nitrogens with zero attached hydrogens (tertiary/aromatic N) is 4. The van der Waals surface area contributed by atoms with E-state index in [0.29, 0.717) is 34.8 Å². The van der Waals surface area contributed by atoms with E-state index in [2.05, 4.69) is 95.1 Å². The Hall–Kier alpha value is -8.00. The van der Waals surface area contributed by atoms with Crippen LogP contribution in [0.5, 0.6) is 0 Å². The first kappa shape index (κ1) is 42.1. The Balaban J connectivity index is 0.746. The Morgan fingerprint density at radius 1 is 0.629 bits per heavy atom. The van der Waals surface area contributed by atoms with Gasteiger partial charge in [-0.25, -0.2) is 19.6 Å². The van der Waals surface area contributed by atoms with E-state index in [4.69, 9.17) is 19.4 Å². The SMILES string of the molecule is COC(=O)N[C@@H](C(=O)N1C2[C@H]3C([C@H]1c1nc4ccc(-c5ccc6cc(-c7ccc8nc([C@@H]9C[C@H]%10[C@@H](C)[C@H]%10N9C(=O)[C@H](NC(=O)OC)c9ccccc9)[nH]c8c7)ccc6c5)cc4[nH]1)[C@@]23C)c1ccccc1. The number of hydrogen-bond acceptors (Lipinski definition) is 8. The van der Waals surface area contributed by atoms with Crippen LogP contribution in [0.3, 0.4) is 0 Å². The molecule has 6 aliphatic rings. The first-order valence-corrected chi connectivity index (χ1v) is 24.0. The lowest BCUT2D eigenvalue weighted by Crippen LogP contribution is -2.44. The number of carbonyl (C=O) groups is 4. The molecule has 6 aromatic carbocycles. The monoisotopic (exact) mass is 930 g/mol. The number of aromatic nitrogens is 4. The van der Waals surface area contributed by atoms with Crippen LogP contribution in [0.15, 0.2) is 133 Å². The predicted octanol–water partition coefficient (Wildman–Crippen LogP) is 9.55. The molecule has 2 aromatic heterocycles. The number of fused-ring (bicyclic) bond motifs is 5. The van der Waals surface area contributed by atoms with Gasteiger partial charge in [-0.3, -0.25) is 9.59 Å². The molecule has 8 aromatic rings. The molecule has 4 amide bonds. The number of hydrogen-bond donors (Lipinski definition) is 4. The molecule has 350 valence electrons. The van der Waals surface area contributed by atoms with E-state index in [1.165, 1.54) is 14.2 Å². The van der Waals surface area contributed by atoms with Crippen LogP contribution in [0.1, 0.15) is 67.2 Å². The van der Waals surface area contributed by atoms with Crippen LogP contribution >= 0.6 is 0 Å². The fourth-order valence-corrected chi connectivity index (χ4v) is 12.6. The molecular weight excluding hydrogens is 881 g/mol. The summed E-state index contributed by atoms with van der Waals surface area (Å²) >= 11 is 0. The maximum Gasteiger partial charge on any atom is 0.407 e. The largest absolute Gasteiger partial charge is 0.453 e.